The molecule has 6 nitrogen and oxygen atoms in total. The molecule has 0 radical (unpaired) electrons. The van der Waals surface area contributed by atoms with Gasteiger partial charge in [0.05, 0.1) is 11.3 Å². The van der Waals surface area contributed by atoms with E-state index in [1.54, 1.807) is 24.3 Å². The van der Waals surface area contributed by atoms with Crippen molar-refractivity contribution in [2.75, 3.05) is 5.73 Å². The molecule has 118 valence electrons. The Morgan fingerprint density at radius 3 is 2.48 bits per heavy atom. The highest BCUT2D eigenvalue weighted by Gasteiger charge is 2.26. The fourth-order valence-electron chi connectivity index (χ4n) is 3.08. The highest BCUT2D eigenvalue weighted by atomic mass is 16.3. The summed E-state index contributed by atoms with van der Waals surface area (Å²) in [6, 6.07) is 9.18. The molecule has 3 rings (SSSR count). The predicted octanol–water partition coefficient (Wildman–Crippen LogP) is 2.29. The Kier molecular flexibility index (Phi) is 4.13. The number of nitriles is 1. The molecule has 2 aromatic rings. The fourth-order valence-corrected chi connectivity index (χ4v) is 3.08. The average Bonchev–Trinajstić information content (AvgIpc) is 2.55. The first-order chi connectivity index (χ1) is 11.1. The maximum atomic E-state index is 10.0. The Bertz CT molecular complexity index is 760. The molecule has 0 spiro atoms. The zero-order chi connectivity index (χ0) is 16.4. The number of nitrogens with two attached hydrogens (primary N) is 2. The number of aromatic nitrogens is 2. The molecule has 1 aliphatic rings. The first-order valence-corrected chi connectivity index (χ1v) is 7.71. The molecular formula is C17H19N5O. The van der Waals surface area contributed by atoms with Crippen molar-refractivity contribution < 1.29 is 5.11 Å². The second-order valence-corrected chi connectivity index (χ2v) is 5.93. The van der Waals surface area contributed by atoms with Gasteiger partial charge in [0, 0.05) is 12.0 Å². The van der Waals surface area contributed by atoms with Crippen LogP contribution in [0.4, 0.5) is 5.82 Å². The molecule has 23 heavy (non-hydrogen) atoms. The van der Waals surface area contributed by atoms with Gasteiger partial charge >= 0.3 is 0 Å². The van der Waals surface area contributed by atoms with Crippen molar-refractivity contribution in [1.82, 2.24) is 9.97 Å². The number of phenols is 1. The zero-order valence-electron chi connectivity index (χ0n) is 12.7. The molecule has 5 N–H and O–H groups in total. The highest BCUT2D eigenvalue weighted by molar-refractivity contribution is 5.66. The van der Waals surface area contributed by atoms with Crippen molar-refractivity contribution in [3.05, 3.63) is 35.5 Å². The summed E-state index contributed by atoms with van der Waals surface area (Å²) >= 11 is 0. The molecule has 0 atom stereocenters. The first-order valence-electron chi connectivity index (χ1n) is 7.71. The van der Waals surface area contributed by atoms with Gasteiger partial charge in [-0.1, -0.05) is 12.1 Å². The lowest BCUT2D eigenvalue weighted by molar-refractivity contribution is 0.390. The van der Waals surface area contributed by atoms with Crippen LogP contribution in [0.25, 0.3) is 11.4 Å². The van der Waals surface area contributed by atoms with Crippen LogP contribution in [0.2, 0.25) is 0 Å². The highest BCUT2D eigenvalue weighted by Crippen LogP contribution is 2.36. The lowest BCUT2D eigenvalue weighted by Crippen LogP contribution is -2.26. The number of phenolic OH excluding ortho intramolecular Hbond substituents is 1. The van der Waals surface area contributed by atoms with Crippen LogP contribution in [0.3, 0.4) is 0 Å². The van der Waals surface area contributed by atoms with E-state index < -0.39 is 0 Å². The van der Waals surface area contributed by atoms with Crippen LogP contribution in [-0.4, -0.2) is 21.1 Å². The summed E-state index contributed by atoms with van der Waals surface area (Å²) in [6.07, 6.45) is 3.58. The minimum Gasteiger partial charge on any atom is -0.507 e. The minimum absolute atomic E-state index is 0.0909. The van der Waals surface area contributed by atoms with Crippen molar-refractivity contribution in [3.8, 4) is 23.2 Å². The fraction of sp³-hybridized carbons (Fsp3) is 0.353. The molecular weight excluding hydrogens is 290 g/mol. The Labute approximate surface area is 134 Å². The van der Waals surface area contributed by atoms with E-state index in [1.165, 1.54) is 0 Å². The van der Waals surface area contributed by atoms with Crippen LogP contribution in [0.1, 0.15) is 42.9 Å². The third-order valence-corrected chi connectivity index (χ3v) is 4.38. The number of hydrogen-bond donors (Lipinski definition) is 3. The maximum Gasteiger partial charge on any atom is 0.165 e. The molecule has 0 aliphatic heterocycles. The molecule has 1 fully saturated rings. The Morgan fingerprint density at radius 2 is 1.83 bits per heavy atom. The van der Waals surface area contributed by atoms with E-state index in [4.69, 9.17) is 11.5 Å². The number of nitrogen functional groups attached to an aromatic ring is 1. The van der Waals surface area contributed by atoms with Crippen molar-refractivity contribution in [3.63, 3.8) is 0 Å². The zero-order valence-corrected chi connectivity index (χ0v) is 12.7. The van der Waals surface area contributed by atoms with Gasteiger partial charge in [-0.05, 0) is 37.8 Å². The SMILES string of the molecule is N#Cc1c(N)nc(-c2ccccc2O)nc1C1CCC(N)CC1. The van der Waals surface area contributed by atoms with Crippen LogP contribution >= 0.6 is 0 Å². The van der Waals surface area contributed by atoms with Crippen molar-refractivity contribution in [1.29, 1.82) is 5.26 Å². The summed E-state index contributed by atoms with van der Waals surface area (Å²) < 4.78 is 0. The van der Waals surface area contributed by atoms with Gasteiger partial charge in [-0.25, -0.2) is 9.97 Å². The largest absolute Gasteiger partial charge is 0.507 e. The Hall–Kier alpha value is -2.65. The molecule has 0 unspecified atom stereocenters. The molecule has 1 heterocycles. The quantitative estimate of drug-likeness (QED) is 0.782. The van der Waals surface area contributed by atoms with E-state index in [0.29, 0.717) is 22.6 Å². The second kappa shape index (κ2) is 6.23. The van der Waals surface area contributed by atoms with Crippen LogP contribution in [0.5, 0.6) is 5.75 Å². The monoisotopic (exact) mass is 309 g/mol. The summed E-state index contributed by atoms with van der Waals surface area (Å²) in [5.74, 6) is 0.752. The number of rotatable bonds is 2. The van der Waals surface area contributed by atoms with Gasteiger partial charge in [0.1, 0.15) is 23.2 Å². The average molecular weight is 309 g/mol. The molecule has 0 amide bonds. The third kappa shape index (κ3) is 2.96. The minimum atomic E-state index is 0.0909. The van der Waals surface area contributed by atoms with Gasteiger partial charge in [-0.15, -0.1) is 0 Å². The third-order valence-electron chi connectivity index (χ3n) is 4.38. The molecule has 1 aromatic carbocycles. The summed E-state index contributed by atoms with van der Waals surface area (Å²) in [6.45, 7) is 0. The first kappa shape index (κ1) is 15.3. The number of anilines is 1. The smallest absolute Gasteiger partial charge is 0.165 e. The molecule has 1 saturated carbocycles. The number of hydrogen-bond acceptors (Lipinski definition) is 6. The maximum absolute atomic E-state index is 10.0. The van der Waals surface area contributed by atoms with Crippen LogP contribution in [0, 0.1) is 11.3 Å². The lowest BCUT2D eigenvalue weighted by atomic mass is 9.83. The molecule has 6 heteroatoms. The Morgan fingerprint density at radius 1 is 1.13 bits per heavy atom. The van der Waals surface area contributed by atoms with Gasteiger partial charge in [0.25, 0.3) is 0 Å². The summed E-state index contributed by atoms with van der Waals surface area (Å²) in [5.41, 5.74) is 13.5. The number of nitrogens with zero attached hydrogens (tertiary/aromatic N) is 3. The van der Waals surface area contributed by atoms with Crippen molar-refractivity contribution >= 4 is 5.82 Å². The van der Waals surface area contributed by atoms with Gasteiger partial charge in [-0.2, -0.15) is 5.26 Å². The number of aromatic hydroxyl groups is 1. The van der Waals surface area contributed by atoms with Gasteiger partial charge < -0.3 is 16.6 Å². The van der Waals surface area contributed by atoms with E-state index in [0.717, 1.165) is 25.7 Å². The summed E-state index contributed by atoms with van der Waals surface area (Å²) in [5, 5.41) is 19.4. The van der Waals surface area contributed by atoms with Crippen LogP contribution in [0.15, 0.2) is 24.3 Å². The number of para-hydroxylation sites is 1. The second-order valence-electron chi connectivity index (χ2n) is 5.93. The van der Waals surface area contributed by atoms with Crippen molar-refractivity contribution in [2.24, 2.45) is 5.73 Å². The van der Waals surface area contributed by atoms with Gasteiger partial charge in [0.2, 0.25) is 0 Å². The van der Waals surface area contributed by atoms with Crippen LogP contribution < -0.4 is 11.5 Å². The predicted molar refractivity (Wildman–Crippen MR) is 87.4 cm³/mol. The van der Waals surface area contributed by atoms with E-state index in [2.05, 4.69) is 16.0 Å². The van der Waals surface area contributed by atoms with Gasteiger partial charge in [-0.3, -0.25) is 0 Å². The number of benzene rings is 1. The lowest BCUT2D eigenvalue weighted by Gasteiger charge is -2.26. The van der Waals surface area contributed by atoms with E-state index in [1.807, 2.05) is 0 Å². The summed E-state index contributed by atoms with van der Waals surface area (Å²) in [4.78, 5) is 8.77. The summed E-state index contributed by atoms with van der Waals surface area (Å²) in [7, 11) is 0. The standard InChI is InChI=1S/C17H19N5O/c18-9-13-15(10-5-7-11(19)8-6-10)21-17(22-16(13)20)12-3-1-2-4-14(12)23/h1-4,10-11,23H,5-8,19H2,(H2,20,21,22). The van der Waals surface area contributed by atoms with Crippen molar-refractivity contribution in [2.45, 2.75) is 37.6 Å². The van der Waals surface area contributed by atoms with E-state index in [9.17, 15) is 10.4 Å². The molecule has 1 aliphatic carbocycles. The van der Waals surface area contributed by atoms with E-state index >= 15 is 0 Å². The topological polar surface area (TPSA) is 122 Å². The molecule has 0 saturated heterocycles. The molecule has 1 aromatic heterocycles. The Balaban J connectivity index is 2.08. The van der Waals surface area contributed by atoms with Crippen LogP contribution in [-0.2, 0) is 0 Å². The van der Waals surface area contributed by atoms with E-state index in [-0.39, 0.29) is 23.5 Å². The molecule has 0 bridgehead atoms. The normalized spacial score (nSPS) is 20.9. The van der Waals surface area contributed by atoms with Gasteiger partial charge in [0.15, 0.2) is 5.82 Å².